The number of ether oxygens (including phenoxy) is 2. The number of methoxy groups -OCH3 is 2. The molecule has 6 nitrogen and oxygen atoms in total. The zero-order valence-corrected chi connectivity index (χ0v) is 15.8. The molecule has 0 saturated heterocycles. The van der Waals surface area contributed by atoms with Gasteiger partial charge in [-0.1, -0.05) is 11.6 Å². The van der Waals surface area contributed by atoms with Crippen molar-refractivity contribution in [3.63, 3.8) is 0 Å². The van der Waals surface area contributed by atoms with Crippen LogP contribution in [0.15, 0.2) is 41.5 Å². The minimum Gasteiger partial charge on any atom is -0.506 e. The Balaban J connectivity index is 2.16. The number of nitrogens with one attached hydrogen (secondary N) is 1. The summed E-state index contributed by atoms with van der Waals surface area (Å²) in [6.07, 6.45) is 0. The number of phenols is 1. The summed E-state index contributed by atoms with van der Waals surface area (Å²) in [7, 11) is 3.10. The molecule has 0 atom stereocenters. The lowest BCUT2D eigenvalue weighted by Gasteiger charge is -2.09. The van der Waals surface area contributed by atoms with E-state index in [2.05, 4.69) is 10.5 Å². The Morgan fingerprint density at radius 3 is 2.42 bits per heavy atom. The summed E-state index contributed by atoms with van der Waals surface area (Å²) in [6.45, 7) is 0. The normalized spacial score (nSPS) is 11.1. The number of carbonyl (C=O) groups is 1. The number of amides is 1. The van der Waals surface area contributed by atoms with E-state index in [9.17, 15) is 9.90 Å². The molecule has 126 valence electrons. The Hall–Kier alpha value is -2.00. The summed E-state index contributed by atoms with van der Waals surface area (Å²) in [5.74, 6) is 0.646. The zero-order chi connectivity index (χ0) is 17.7. The molecular weight excluding hydrogens is 447 g/mol. The summed E-state index contributed by atoms with van der Waals surface area (Å²) < 4.78 is 11.0. The molecular formula is C16H14ClIN2O4. The number of hydrogen-bond acceptors (Lipinski definition) is 5. The highest BCUT2D eigenvalue weighted by molar-refractivity contribution is 14.1. The van der Waals surface area contributed by atoms with Crippen molar-refractivity contribution in [2.75, 3.05) is 14.2 Å². The molecule has 2 rings (SSSR count). The molecule has 8 heteroatoms. The molecule has 0 saturated carbocycles. The molecule has 0 unspecified atom stereocenters. The number of rotatable bonds is 5. The summed E-state index contributed by atoms with van der Waals surface area (Å²) in [6, 6.07) is 9.48. The van der Waals surface area contributed by atoms with Gasteiger partial charge in [0.25, 0.3) is 5.91 Å². The second-order valence-corrected chi connectivity index (χ2v) is 6.01. The van der Waals surface area contributed by atoms with Crippen molar-refractivity contribution in [1.82, 2.24) is 5.43 Å². The molecule has 1 amide bonds. The van der Waals surface area contributed by atoms with E-state index >= 15 is 0 Å². The minimum atomic E-state index is -0.438. The number of nitrogens with zero attached hydrogens (tertiary/aromatic N) is 1. The fraction of sp³-hybridized carbons (Fsp3) is 0.125. The van der Waals surface area contributed by atoms with Crippen molar-refractivity contribution in [1.29, 1.82) is 0 Å². The molecule has 0 aliphatic rings. The molecule has 0 spiro atoms. The molecule has 0 aliphatic carbocycles. The highest BCUT2D eigenvalue weighted by Gasteiger charge is 2.10. The van der Waals surface area contributed by atoms with Gasteiger partial charge in [-0.2, -0.15) is 5.10 Å². The minimum absolute atomic E-state index is 0.0865. The summed E-state index contributed by atoms with van der Waals surface area (Å²) >= 11 is 7.79. The van der Waals surface area contributed by atoms with E-state index in [0.717, 1.165) is 5.56 Å². The topological polar surface area (TPSA) is 80.2 Å². The van der Waals surface area contributed by atoms with Gasteiger partial charge in [-0.25, -0.2) is 5.43 Å². The van der Waals surface area contributed by atoms with Crippen LogP contribution in [0.2, 0.25) is 5.02 Å². The lowest BCUT2D eigenvalue weighted by molar-refractivity contribution is 0.0955. The van der Waals surface area contributed by atoms with E-state index in [4.69, 9.17) is 21.1 Å². The van der Waals surface area contributed by atoms with Gasteiger partial charge in [0.1, 0.15) is 9.47 Å². The molecule has 0 aromatic heterocycles. The Bertz CT molecular complexity index is 796. The van der Waals surface area contributed by atoms with E-state index in [0.29, 0.717) is 15.2 Å². The van der Waals surface area contributed by atoms with E-state index < -0.39 is 5.91 Å². The lowest BCUT2D eigenvalue weighted by atomic mass is 10.2. The van der Waals surface area contributed by atoms with Crippen LogP contribution in [0.1, 0.15) is 15.9 Å². The summed E-state index contributed by atoms with van der Waals surface area (Å²) in [5, 5.41) is 13.5. The van der Waals surface area contributed by atoms with Crippen molar-refractivity contribution in [3.05, 3.63) is 52.5 Å². The molecule has 2 N–H and O–H groups in total. The van der Waals surface area contributed by atoms with Crippen LogP contribution >= 0.6 is 34.2 Å². The number of halogens is 2. The van der Waals surface area contributed by atoms with Crippen LogP contribution in [0, 0.1) is 0 Å². The number of phenolic OH excluding ortho intramolecular Hbond substituents is 1. The van der Waals surface area contributed by atoms with E-state index in [1.54, 1.807) is 32.4 Å². The quantitative estimate of drug-likeness (QED) is 0.406. The Morgan fingerprint density at radius 2 is 1.79 bits per heavy atom. The molecule has 24 heavy (non-hydrogen) atoms. The third kappa shape index (κ3) is 4.30. The monoisotopic (exact) mass is 460 g/mol. The van der Waals surface area contributed by atoms with Crippen LogP contribution in [0.4, 0.5) is 0 Å². The predicted molar refractivity (Wildman–Crippen MR) is 101 cm³/mol. The van der Waals surface area contributed by atoms with Gasteiger partial charge in [0.15, 0.2) is 11.5 Å². The van der Waals surface area contributed by atoms with E-state index in [-0.39, 0.29) is 16.3 Å². The molecule has 2 aromatic carbocycles. The maximum absolute atomic E-state index is 12.1. The van der Waals surface area contributed by atoms with E-state index in [1.165, 1.54) is 18.2 Å². The second-order valence-electron chi connectivity index (χ2n) is 4.58. The predicted octanol–water partition coefficient (Wildman–Crippen LogP) is 3.59. The third-order valence-electron chi connectivity index (χ3n) is 3.09. The Kier molecular flexibility index (Phi) is 6.27. The van der Waals surface area contributed by atoms with Crippen molar-refractivity contribution >= 4 is 43.8 Å². The second kappa shape index (κ2) is 8.20. The maximum atomic E-state index is 12.1. The highest BCUT2D eigenvalue weighted by atomic mass is 127. The number of benzene rings is 2. The molecule has 0 radical (unpaired) electrons. The first-order valence-electron chi connectivity index (χ1n) is 6.70. The number of hydrazone groups is 1. The first-order chi connectivity index (χ1) is 11.5. The number of carbonyl (C=O) groups excluding carboxylic acids is 1. The fourth-order valence-electron chi connectivity index (χ4n) is 1.84. The fourth-order valence-corrected chi connectivity index (χ4v) is 2.48. The van der Waals surface area contributed by atoms with Crippen LogP contribution in [0.25, 0.3) is 0 Å². The SMILES string of the molecule is COc1ccc(C(I)=NNC(=O)c2ccc(O)c(Cl)c2)cc1OC. The summed E-state index contributed by atoms with van der Waals surface area (Å²) in [4.78, 5) is 12.1. The first-order valence-corrected chi connectivity index (χ1v) is 8.16. The molecule has 0 bridgehead atoms. The van der Waals surface area contributed by atoms with Gasteiger partial charge >= 0.3 is 0 Å². The van der Waals surface area contributed by atoms with Gasteiger partial charge in [0.2, 0.25) is 0 Å². The number of hydrogen-bond donors (Lipinski definition) is 2. The molecule has 0 heterocycles. The van der Waals surface area contributed by atoms with Crippen molar-refractivity contribution in [3.8, 4) is 17.2 Å². The average molecular weight is 461 g/mol. The van der Waals surface area contributed by atoms with Crippen molar-refractivity contribution in [2.24, 2.45) is 5.10 Å². The van der Waals surface area contributed by atoms with Crippen LogP contribution in [-0.2, 0) is 0 Å². The Morgan fingerprint density at radius 1 is 1.12 bits per heavy atom. The maximum Gasteiger partial charge on any atom is 0.271 e. The van der Waals surface area contributed by atoms with Crippen molar-refractivity contribution < 1.29 is 19.4 Å². The van der Waals surface area contributed by atoms with Gasteiger partial charge in [-0.05, 0) is 59.0 Å². The molecule has 2 aromatic rings. The van der Waals surface area contributed by atoms with Gasteiger partial charge in [-0.15, -0.1) is 0 Å². The third-order valence-corrected chi connectivity index (χ3v) is 4.25. The van der Waals surface area contributed by atoms with E-state index in [1.807, 2.05) is 22.6 Å². The zero-order valence-electron chi connectivity index (χ0n) is 12.8. The smallest absolute Gasteiger partial charge is 0.271 e. The lowest BCUT2D eigenvalue weighted by Crippen LogP contribution is -2.18. The van der Waals surface area contributed by atoms with Gasteiger partial charge < -0.3 is 14.6 Å². The van der Waals surface area contributed by atoms with Gasteiger partial charge in [0, 0.05) is 11.1 Å². The van der Waals surface area contributed by atoms with Crippen LogP contribution in [0.5, 0.6) is 17.2 Å². The average Bonchev–Trinajstić information content (AvgIpc) is 2.60. The van der Waals surface area contributed by atoms with Crippen LogP contribution < -0.4 is 14.9 Å². The molecule has 0 aliphatic heterocycles. The van der Waals surface area contributed by atoms with Crippen LogP contribution in [0.3, 0.4) is 0 Å². The highest BCUT2D eigenvalue weighted by Crippen LogP contribution is 2.28. The van der Waals surface area contributed by atoms with Crippen molar-refractivity contribution in [2.45, 2.75) is 0 Å². The van der Waals surface area contributed by atoms with Gasteiger partial charge in [-0.3, -0.25) is 4.79 Å². The standard InChI is InChI=1S/C16H14ClIN2O4/c1-23-13-6-4-9(8-14(13)24-2)15(18)19-20-16(22)10-3-5-12(21)11(17)7-10/h3-8,21H,1-2H3,(H,20,22). The largest absolute Gasteiger partial charge is 0.506 e. The van der Waals surface area contributed by atoms with Gasteiger partial charge in [0.05, 0.1) is 19.2 Å². The Labute approximate surface area is 157 Å². The molecule has 0 fully saturated rings. The summed E-state index contributed by atoms with van der Waals surface area (Å²) in [5.41, 5.74) is 3.49. The first kappa shape index (κ1) is 18.3. The number of aromatic hydroxyl groups is 1. The van der Waals surface area contributed by atoms with Crippen LogP contribution in [-0.4, -0.2) is 29.0 Å².